The molecule has 6 nitrogen and oxygen atoms in total. The van der Waals surface area contributed by atoms with Gasteiger partial charge >= 0.3 is 6.01 Å². The molecule has 1 heterocycles. The van der Waals surface area contributed by atoms with E-state index in [9.17, 15) is 0 Å². The maximum atomic E-state index is 5.02. The van der Waals surface area contributed by atoms with Crippen molar-refractivity contribution in [2.75, 3.05) is 24.8 Å². The second kappa shape index (κ2) is 6.22. The van der Waals surface area contributed by atoms with E-state index in [1.54, 1.807) is 7.05 Å². The predicted octanol–water partition coefficient (Wildman–Crippen LogP) is 1.77. The molecule has 0 amide bonds. The summed E-state index contributed by atoms with van der Waals surface area (Å²) in [4.78, 5) is 12.4. The number of hydrogen-bond donors (Lipinski definition) is 2. The monoisotopic (exact) mass is 239 g/mol. The fourth-order valence-electron chi connectivity index (χ4n) is 1.61. The molecule has 0 saturated heterocycles. The Morgan fingerprint density at radius 2 is 1.76 bits per heavy atom. The first kappa shape index (κ1) is 13.5. The number of aromatic nitrogens is 3. The number of anilines is 2. The van der Waals surface area contributed by atoms with Crippen molar-refractivity contribution in [2.24, 2.45) is 5.92 Å². The van der Waals surface area contributed by atoms with Crippen molar-refractivity contribution < 1.29 is 4.74 Å². The number of nitrogens with zero attached hydrogens (tertiary/aromatic N) is 3. The number of methoxy groups -OCH3 is 1. The summed E-state index contributed by atoms with van der Waals surface area (Å²) >= 11 is 0. The predicted molar refractivity (Wildman–Crippen MR) is 68.5 cm³/mol. The molecule has 0 aliphatic heterocycles. The number of rotatable bonds is 6. The first-order valence-corrected chi connectivity index (χ1v) is 5.79. The number of nitrogens with one attached hydrogen (secondary N) is 2. The molecule has 0 aliphatic carbocycles. The van der Waals surface area contributed by atoms with Gasteiger partial charge in [0, 0.05) is 13.1 Å². The van der Waals surface area contributed by atoms with Gasteiger partial charge in [0.15, 0.2) is 0 Å². The Kier molecular flexibility index (Phi) is 4.93. The van der Waals surface area contributed by atoms with Gasteiger partial charge in [-0.05, 0) is 19.3 Å². The van der Waals surface area contributed by atoms with E-state index in [4.69, 9.17) is 4.74 Å². The molecule has 0 aromatic carbocycles. The Bertz CT molecular complexity index is 333. The van der Waals surface area contributed by atoms with Crippen LogP contribution in [0.15, 0.2) is 0 Å². The maximum absolute atomic E-state index is 5.02. The first-order valence-electron chi connectivity index (χ1n) is 5.79. The summed E-state index contributed by atoms with van der Waals surface area (Å²) in [5.74, 6) is 1.66. The molecular weight excluding hydrogens is 218 g/mol. The van der Waals surface area contributed by atoms with Crippen molar-refractivity contribution in [1.29, 1.82) is 0 Å². The van der Waals surface area contributed by atoms with E-state index in [2.05, 4.69) is 46.4 Å². The van der Waals surface area contributed by atoms with Gasteiger partial charge in [-0.25, -0.2) is 0 Å². The molecule has 0 bridgehead atoms. The van der Waals surface area contributed by atoms with Crippen LogP contribution in [0.25, 0.3) is 0 Å². The van der Waals surface area contributed by atoms with Crippen LogP contribution in [-0.2, 0) is 0 Å². The fourth-order valence-corrected chi connectivity index (χ4v) is 1.61. The third-order valence-corrected chi connectivity index (χ3v) is 2.22. The zero-order valence-corrected chi connectivity index (χ0v) is 11.1. The Morgan fingerprint density at radius 3 is 2.29 bits per heavy atom. The highest BCUT2D eigenvalue weighted by Crippen LogP contribution is 2.13. The molecule has 1 unspecified atom stereocenters. The lowest BCUT2D eigenvalue weighted by Gasteiger charge is -2.16. The van der Waals surface area contributed by atoms with Crippen LogP contribution in [0.2, 0.25) is 0 Å². The maximum Gasteiger partial charge on any atom is 0.322 e. The summed E-state index contributed by atoms with van der Waals surface area (Å²) in [6.07, 6.45) is 1.06. The van der Waals surface area contributed by atoms with Crippen molar-refractivity contribution >= 4 is 11.9 Å². The molecular formula is C11H21N5O. The van der Waals surface area contributed by atoms with Gasteiger partial charge in [-0.1, -0.05) is 13.8 Å². The third kappa shape index (κ3) is 4.42. The van der Waals surface area contributed by atoms with Gasteiger partial charge < -0.3 is 15.4 Å². The van der Waals surface area contributed by atoms with Crippen molar-refractivity contribution in [3.05, 3.63) is 0 Å². The molecule has 0 radical (unpaired) electrons. The SMILES string of the molecule is CNc1nc(NC(C)CC(C)C)nc(OC)n1. The van der Waals surface area contributed by atoms with Crippen LogP contribution in [-0.4, -0.2) is 35.2 Å². The molecule has 1 aromatic rings. The molecule has 1 rings (SSSR count). The summed E-state index contributed by atoms with van der Waals surface area (Å²) in [6.45, 7) is 6.48. The minimum absolute atomic E-state index is 0.309. The molecule has 0 fully saturated rings. The Morgan fingerprint density at radius 1 is 1.12 bits per heavy atom. The van der Waals surface area contributed by atoms with Crippen molar-refractivity contribution in [3.63, 3.8) is 0 Å². The molecule has 17 heavy (non-hydrogen) atoms. The zero-order valence-electron chi connectivity index (χ0n) is 11.1. The lowest BCUT2D eigenvalue weighted by atomic mass is 10.1. The zero-order chi connectivity index (χ0) is 12.8. The van der Waals surface area contributed by atoms with Crippen LogP contribution < -0.4 is 15.4 Å². The van der Waals surface area contributed by atoms with E-state index < -0.39 is 0 Å². The van der Waals surface area contributed by atoms with Crippen molar-refractivity contribution in [2.45, 2.75) is 33.2 Å². The summed E-state index contributed by atoms with van der Waals surface area (Å²) in [6, 6.07) is 0.621. The van der Waals surface area contributed by atoms with E-state index in [0.717, 1.165) is 6.42 Å². The van der Waals surface area contributed by atoms with Crippen LogP contribution in [0.3, 0.4) is 0 Å². The quantitative estimate of drug-likeness (QED) is 0.788. The molecule has 1 atom stereocenters. The van der Waals surface area contributed by atoms with Crippen LogP contribution in [0.5, 0.6) is 6.01 Å². The van der Waals surface area contributed by atoms with E-state index >= 15 is 0 Å². The second-order valence-electron chi connectivity index (χ2n) is 4.39. The van der Waals surface area contributed by atoms with Gasteiger partial charge in [-0.3, -0.25) is 0 Å². The Labute approximate surface area is 102 Å². The highest BCUT2D eigenvalue weighted by molar-refractivity contribution is 5.35. The van der Waals surface area contributed by atoms with Crippen LogP contribution in [0.4, 0.5) is 11.9 Å². The van der Waals surface area contributed by atoms with Gasteiger partial charge in [0.05, 0.1) is 7.11 Å². The minimum Gasteiger partial charge on any atom is -0.467 e. The summed E-state index contributed by atoms with van der Waals surface area (Å²) in [7, 11) is 3.30. The van der Waals surface area contributed by atoms with Crippen molar-refractivity contribution in [1.82, 2.24) is 15.0 Å². The highest BCUT2D eigenvalue weighted by Gasteiger charge is 2.09. The van der Waals surface area contributed by atoms with Crippen molar-refractivity contribution in [3.8, 4) is 6.01 Å². The molecule has 2 N–H and O–H groups in total. The van der Waals surface area contributed by atoms with Crippen LogP contribution in [0.1, 0.15) is 27.2 Å². The van der Waals surface area contributed by atoms with Gasteiger partial charge in [0.25, 0.3) is 0 Å². The van der Waals surface area contributed by atoms with Gasteiger partial charge in [-0.2, -0.15) is 15.0 Å². The van der Waals surface area contributed by atoms with Gasteiger partial charge in [0.2, 0.25) is 11.9 Å². The molecule has 0 saturated carbocycles. The summed E-state index contributed by atoms with van der Waals surface area (Å²) < 4.78 is 5.02. The van der Waals surface area contributed by atoms with Gasteiger partial charge in [-0.15, -0.1) is 0 Å². The van der Waals surface area contributed by atoms with Gasteiger partial charge in [0.1, 0.15) is 0 Å². The minimum atomic E-state index is 0.309. The first-order chi connectivity index (χ1) is 8.05. The number of hydrogen-bond acceptors (Lipinski definition) is 6. The molecule has 6 heteroatoms. The summed E-state index contributed by atoms with van der Waals surface area (Å²) in [5.41, 5.74) is 0. The number of ether oxygens (including phenoxy) is 1. The normalized spacial score (nSPS) is 12.4. The van der Waals surface area contributed by atoms with Crippen LogP contribution in [0, 0.1) is 5.92 Å². The fraction of sp³-hybridized carbons (Fsp3) is 0.727. The topological polar surface area (TPSA) is 72.0 Å². The van der Waals surface area contributed by atoms with E-state index in [-0.39, 0.29) is 0 Å². The summed E-state index contributed by atoms with van der Waals surface area (Å²) in [5, 5.41) is 6.11. The van der Waals surface area contributed by atoms with Crippen LogP contribution >= 0.6 is 0 Å². The average molecular weight is 239 g/mol. The largest absolute Gasteiger partial charge is 0.467 e. The average Bonchev–Trinajstić information content (AvgIpc) is 2.27. The smallest absolute Gasteiger partial charge is 0.322 e. The van der Waals surface area contributed by atoms with E-state index in [1.807, 2.05) is 0 Å². The highest BCUT2D eigenvalue weighted by atomic mass is 16.5. The molecule has 96 valence electrons. The third-order valence-electron chi connectivity index (χ3n) is 2.22. The molecule has 1 aromatic heterocycles. The lowest BCUT2D eigenvalue weighted by molar-refractivity contribution is 0.379. The molecule has 0 spiro atoms. The van der Waals surface area contributed by atoms with E-state index in [0.29, 0.717) is 29.9 Å². The Hall–Kier alpha value is -1.59. The molecule has 0 aliphatic rings. The standard InChI is InChI=1S/C11H21N5O/c1-7(2)6-8(3)13-10-14-9(12-4)15-11(16-10)17-5/h7-8H,6H2,1-5H3,(H2,12,13,14,15,16). The lowest BCUT2D eigenvalue weighted by Crippen LogP contribution is -2.20. The Balaban J connectivity index is 2.75. The van der Waals surface area contributed by atoms with E-state index in [1.165, 1.54) is 7.11 Å². The second-order valence-corrected chi connectivity index (χ2v) is 4.39.